The van der Waals surface area contributed by atoms with Crippen LogP contribution in [0.15, 0.2) is 24.3 Å². The van der Waals surface area contributed by atoms with Crippen molar-refractivity contribution < 1.29 is 4.74 Å². The highest BCUT2D eigenvalue weighted by molar-refractivity contribution is 9.09. The Labute approximate surface area is 165 Å². The summed E-state index contributed by atoms with van der Waals surface area (Å²) in [6.45, 7) is 3.03. The number of halogens is 1. The van der Waals surface area contributed by atoms with E-state index in [-0.39, 0.29) is 0 Å². The van der Waals surface area contributed by atoms with Crippen molar-refractivity contribution in [1.29, 1.82) is 0 Å². The molecular formula is C23H39BrO. The van der Waals surface area contributed by atoms with Gasteiger partial charge in [-0.3, -0.25) is 0 Å². The third kappa shape index (κ3) is 13.4. The summed E-state index contributed by atoms with van der Waals surface area (Å²) in [5.74, 6) is 1.01. The second-order valence-corrected chi connectivity index (χ2v) is 7.97. The van der Waals surface area contributed by atoms with Crippen LogP contribution in [0.5, 0.6) is 5.75 Å². The number of hydrogen-bond acceptors (Lipinski definition) is 1. The first-order chi connectivity index (χ1) is 12.4. The van der Waals surface area contributed by atoms with Gasteiger partial charge >= 0.3 is 0 Å². The number of aryl methyl sites for hydroxylation is 1. The molecule has 2 heteroatoms. The molecule has 0 aromatic heterocycles. The molecule has 0 aliphatic carbocycles. The molecule has 0 atom stereocenters. The highest BCUT2D eigenvalue weighted by Gasteiger charge is 1.98. The summed E-state index contributed by atoms with van der Waals surface area (Å²) in [6.07, 6.45) is 19.6. The average Bonchev–Trinajstić information content (AvgIpc) is 2.64. The first-order valence-electron chi connectivity index (χ1n) is 10.6. The summed E-state index contributed by atoms with van der Waals surface area (Å²) in [7, 11) is 0. The van der Waals surface area contributed by atoms with Crippen LogP contribution in [-0.2, 0) is 6.42 Å². The SMILES string of the molecule is CCCCCCCCCCCCCCCc1cccc(OCCBr)c1. The van der Waals surface area contributed by atoms with Gasteiger partial charge in [0.15, 0.2) is 0 Å². The first kappa shape index (κ1) is 22.5. The second kappa shape index (κ2) is 16.9. The zero-order valence-electron chi connectivity index (χ0n) is 16.4. The molecule has 0 amide bonds. The Morgan fingerprint density at radius 3 is 1.88 bits per heavy atom. The molecule has 0 fully saturated rings. The molecule has 0 aliphatic rings. The summed E-state index contributed by atoms with van der Waals surface area (Å²) in [5.41, 5.74) is 1.41. The molecule has 0 aliphatic heterocycles. The minimum absolute atomic E-state index is 0.738. The topological polar surface area (TPSA) is 9.23 Å². The Bertz CT molecular complexity index is 405. The Hall–Kier alpha value is -0.500. The monoisotopic (exact) mass is 410 g/mol. The highest BCUT2D eigenvalue weighted by Crippen LogP contribution is 2.17. The van der Waals surface area contributed by atoms with E-state index in [1.54, 1.807) is 0 Å². The predicted molar refractivity (Wildman–Crippen MR) is 115 cm³/mol. The van der Waals surface area contributed by atoms with E-state index in [0.717, 1.165) is 17.7 Å². The van der Waals surface area contributed by atoms with Gasteiger partial charge in [-0.25, -0.2) is 0 Å². The van der Waals surface area contributed by atoms with Crippen molar-refractivity contribution in [1.82, 2.24) is 0 Å². The Kier molecular flexibility index (Phi) is 15.3. The van der Waals surface area contributed by atoms with Gasteiger partial charge in [-0.2, -0.15) is 0 Å². The fourth-order valence-corrected chi connectivity index (χ4v) is 3.46. The standard InChI is InChI=1S/C23H39BrO/c1-2-3-4-5-6-7-8-9-10-11-12-13-14-16-22-17-15-18-23(21-22)25-20-19-24/h15,17-18,21H,2-14,16,19-20H2,1H3. The lowest BCUT2D eigenvalue weighted by Gasteiger charge is -2.07. The first-order valence-corrected chi connectivity index (χ1v) is 11.8. The lowest BCUT2D eigenvalue weighted by Crippen LogP contribution is -1.98. The van der Waals surface area contributed by atoms with E-state index in [1.165, 1.54) is 95.5 Å². The number of alkyl halides is 1. The minimum atomic E-state index is 0.738. The lowest BCUT2D eigenvalue weighted by atomic mass is 10.0. The van der Waals surface area contributed by atoms with Crippen molar-refractivity contribution in [3.8, 4) is 5.75 Å². The van der Waals surface area contributed by atoms with Crippen LogP contribution in [0.25, 0.3) is 0 Å². The van der Waals surface area contributed by atoms with Gasteiger partial charge in [0, 0.05) is 5.33 Å². The molecule has 25 heavy (non-hydrogen) atoms. The second-order valence-electron chi connectivity index (χ2n) is 7.18. The molecular weight excluding hydrogens is 372 g/mol. The van der Waals surface area contributed by atoms with Gasteiger partial charge < -0.3 is 4.74 Å². The van der Waals surface area contributed by atoms with E-state index in [1.807, 2.05) is 0 Å². The van der Waals surface area contributed by atoms with E-state index in [9.17, 15) is 0 Å². The fraction of sp³-hybridized carbons (Fsp3) is 0.739. The quantitative estimate of drug-likeness (QED) is 0.186. The van der Waals surface area contributed by atoms with Crippen LogP contribution in [0.1, 0.15) is 96.0 Å². The van der Waals surface area contributed by atoms with Crippen LogP contribution < -0.4 is 4.74 Å². The van der Waals surface area contributed by atoms with Crippen LogP contribution in [-0.4, -0.2) is 11.9 Å². The van der Waals surface area contributed by atoms with Gasteiger partial charge in [0.05, 0.1) is 6.61 Å². The molecule has 1 nitrogen and oxygen atoms in total. The average molecular weight is 411 g/mol. The third-order valence-corrected chi connectivity index (χ3v) is 5.14. The molecule has 0 N–H and O–H groups in total. The maximum Gasteiger partial charge on any atom is 0.119 e. The lowest BCUT2D eigenvalue weighted by molar-refractivity contribution is 0.344. The van der Waals surface area contributed by atoms with Gasteiger partial charge in [-0.1, -0.05) is 112 Å². The van der Waals surface area contributed by atoms with Crippen molar-refractivity contribution in [3.05, 3.63) is 29.8 Å². The highest BCUT2D eigenvalue weighted by atomic mass is 79.9. The molecule has 0 unspecified atom stereocenters. The van der Waals surface area contributed by atoms with Gasteiger partial charge in [0.2, 0.25) is 0 Å². The van der Waals surface area contributed by atoms with Crippen LogP contribution in [0, 0.1) is 0 Å². The smallest absolute Gasteiger partial charge is 0.119 e. The van der Waals surface area contributed by atoms with Crippen molar-refractivity contribution >= 4 is 15.9 Å². The van der Waals surface area contributed by atoms with E-state index in [4.69, 9.17) is 4.74 Å². The molecule has 1 aromatic carbocycles. The molecule has 0 spiro atoms. The van der Waals surface area contributed by atoms with Crippen LogP contribution >= 0.6 is 15.9 Å². The number of rotatable bonds is 17. The van der Waals surface area contributed by atoms with Gasteiger partial charge in [-0.15, -0.1) is 0 Å². The molecule has 0 heterocycles. The number of benzene rings is 1. The summed E-state index contributed by atoms with van der Waals surface area (Å²) in [5, 5.41) is 0.885. The van der Waals surface area contributed by atoms with E-state index in [0.29, 0.717) is 0 Å². The molecule has 0 saturated carbocycles. The summed E-state index contributed by atoms with van der Waals surface area (Å²) >= 11 is 3.40. The summed E-state index contributed by atoms with van der Waals surface area (Å²) in [6, 6.07) is 8.59. The Morgan fingerprint density at radius 2 is 1.32 bits per heavy atom. The largest absolute Gasteiger partial charge is 0.493 e. The minimum Gasteiger partial charge on any atom is -0.493 e. The summed E-state index contributed by atoms with van der Waals surface area (Å²) < 4.78 is 5.67. The molecule has 1 aromatic rings. The van der Waals surface area contributed by atoms with Gasteiger partial charge in [0.25, 0.3) is 0 Å². The van der Waals surface area contributed by atoms with E-state index >= 15 is 0 Å². The zero-order valence-corrected chi connectivity index (χ0v) is 18.0. The predicted octanol–water partition coefficient (Wildman–Crippen LogP) is 8.09. The van der Waals surface area contributed by atoms with Crippen molar-refractivity contribution in [2.45, 2.75) is 96.8 Å². The van der Waals surface area contributed by atoms with Crippen LogP contribution in [0.2, 0.25) is 0 Å². The van der Waals surface area contributed by atoms with Gasteiger partial charge in [0.1, 0.15) is 5.75 Å². The molecule has 0 bridgehead atoms. The number of ether oxygens (including phenoxy) is 1. The normalized spacial score (nSPS) is 11.0. The fourth-order valence-electron chi connectivity index (χ4n) is 3.29. The van der Waals surface area contributed by atoms with E-state index in [2.05, 4.69) is 47.1 Å². The molecule has 144 valence electrons. The maximum absolute atomic E-state index is 5.67. The zero-order chi connectivity index (χ0) is 18.0. The van der Waals surface area contributed by atoms with E-state index < -0.39 is 0 Å². The van der Waals surface area contributed by atoms with Crippen molar-refractivity contribution in [3.63, 3.8) is 0 Å². The Morgan fingerprint density at radius 1 is 0.760 bits per heavy atom. The van der Waals surface area contributed by atoms with Crippen LogP contribution in [0.3, 0.4) is 0 Å². The third-order valence-electron chi connectivity index (χ3n) is 4.81. The number of unbranched alkanes of at least 4 members (excludes halogenated alkanes) is 12. The van der Waals surface area contributed by atoms with Crippen LogP contribution in [0.4, 0.5) is 0 Å². The Balaban J connectivity index is 1.90. The summed E-state index contributed by atoms with van der Waals surface area (Å²) in [4.78, 5) is 0. The van der Waals surface area contributed by atoms with Gasteiger partial charge in [-0.05, 0) is 30.5 Å². The molecule has 0 saturated heterocycles. The van der Waals surface area contributed by atoms with Crippen molar-refractivity contribution in [2.24, 2.45) is 0 Å². The van der Waals surface area contributed by atoms with Crippen molar-refractivity contribution in [2.75, 3.05) is 11.9 Å². The number of hydrogen-bond donors (Lipinski definition) is 0. The molecule has 1 rings (SSSR count). The molecule has 0 radical (unpaired) electrons. The maximum atomic E-state index is 5.67.